The van der Waals surface area contributed by atoms with Crippen molar-refractivity contribution in [2.75, 3.05) is 18.2 Å². The summed E-state index contributed by atoms with van der Waals surface area (Å²) in [6, 6.07) is 8.17. The molecule has 1 aromatic carbocycles. The molecule has 0 spiro atoms. The van der Waals surface area contributed by atoms with Crippen molar-refractivity contribution >= 4 is 17.4 Å². The van der Waals surface area contributed by atoms with E-state index in [1.165, 1.54) is 5.75 Å². The quantitative estimate of drug-likeness (QED) is 0.893. The summed E-state index contributed by atoms with van der Waals surface area (Å²) in [6.07, 6.45) is 1.13. The highest BCUT2D eigenvalue weighted by atomic mass is 32.2. The Morgan fingerprint density at radius 3 is 2.94 bits per heavy atom. The summed E-state index contributed by atoms with van der Waals surface area (Å²) in [5.41, 5.74) is 1.48. The van der Waals surface area contributed by atoms with Crippen molar-refractivity contribution < 1.29 is 4.74 Å². The van der Waals surface area contributed by atoms with Gasteiger partial charge in [-0.15, -0.1) is 0 Å². The first-order chi connectivity index (χ1) is 8.26. The molecule has 1 fully saturated rings. The van der Waals surface area contributed by atoms with Gasteiger partial charge in [0.2, 0.25) is 0 Å². The third kappa shape index (κ3) is 2.50. The van der Waals surface area contributed by atoms with Crippen LogP contribution in [0.2, 0.25) is 0 Å². The lowest BCUT2D eigenvalue weighted by atomic mass is 10.1. The van der Waals surface area contributed by atoms with Crippen molar-refractivity contribution in [3.05, 3.63) is 23.8 Å². The summed E-state index contributed by atoms with van der Waals surface area (Å²) >= 11 is 1.97. The second kappa shape index (κ2) is 5.33. The Morgan fingerprint density at radius 1 is 1.53 bits per heavy atom. The van der Waals surface area contributed by atoms with E-state index in [1.807, 2.05) is 30.0 Å². The van der Waals surface area contributed by atoms with Crippen molar-refractivity contribution in [1.82, 2.24) is 0 Å². The fourth-order valence-corrected chi connectivity index (χ4v) is 3.25. The van der Waals surface area contributed by atoms with Gasteiger partial charge in [-0.25, -0.2) is 0 Å². The molecule has 1 saturated heterocycles. The number of nitrogens with one attached hydrogen (secondary N) is 1. The summed E-state index contributed by atoms with van der Waals surface area (Å²) < 4.78 is 5.31. The molecule has 0 saturated carbocycles. The summed E-state index contributed by atoms with van der Waals surface area (Å²) in [4.78, 5) is 0. The van der Waals surface area contributed by atoms with Crippen molar-refractivity contribution in [1.29, 1.82) is 5.26 Å². The van der Waals surface area contributed by atoms with E-state index in [9.17, 15) is 0 Å². The van der Waals surface area contributed by atoms with E-state index in [0.717, 1.165) is 17.9 Å². The van der Waals surface area contributed by atoms with E-state index >= 15 is 0 Å². The number of methoxy groups -OCH3 is 1. The van der Waals surface area contributed by atoms with E-state index in [1.54, 1.807) is 7.11 Å². The summed E-state index contributed by atoms with van der Waals surface area (Å²) in [5, 5.41) is 13.2. The van der Waals surface area contributed by atoms with Gasteiger partial charge < -0.3 is 10.1 Å². The fraction of sp³-hybridized carbons (Fsp3) is 0.462. The maximum atomic E-state index is 9.13. The van der Waals surface area contributed by atoms with Crippen molar-refractivity contribution in [3.8, 4) is 11.8 Å². The highest BCUT2D eigenvalue weighted by Gasteiger charge is 2.25. The Hall–Kier alpha value is -1.34. The molecule has 0 aliphatic carbocycles. The molecule has 2 rings (SSSR count). The molecule has 1 aliphatic heterocycles. The zero-order valence-electron chi connectivity index (χ0n) is 10.1. The summed E-state index contributed by atoms with van der Waals surface area (Å²) in [5.74, 6) is 1.92. The van der Waals surface area contributed by atoms with E-state index < -0.39 is 0 Å². The average molecular weight is 248 g/mol. The molecule has 0 amide bonds. The number of thioether (sulfide) groups is 1. The molecule has 1 aromatic rings. The number of ether oxygens (including phenoxy) is 1. The fourth-order valence-electron chi connectivity index (χ4n) is 2.05. The molecule has 2 unspecified atom stereocenters. The van der Waals surface area contributed by atoms with Gasteiger partial charge in [-0.05, 0) is 24.3 Å². The Labute approximate surface area is 106 Å². The van der Waals surface area contributed by atoms with Gasteiger partial charge in [-0.3, -0.25) is 0 Å². The molecule has 3 nitrogen and oxygen atoms in total. The first-order valence-electron chi connectivity index (χ1n) is 5.71. The van der Waals surface area contributed by atoms with Gasteiger partial charge in [0.25, 0.3) is 0 Å². The Morgan fingerprint density at radius 2 is 2.35 bits per heavy atom. The molecule has 90 valence electrons. The van der Waals surface area contributed by atoms with E-state index in [2.05, 4.69) is 18.3 Å². The van der Waals surface area contributed by atoms with Crippen LogP contribution >= 0.6 is 11.8 Å². The second-order valence-corrected chi connectivity index (χ2v) is 5.60. The first kappa shape index (κ1) is 12.1. The van der Waals surface area contributed by atoms with Gasteiger partial charge in [0.15, 0.2) is 0 Å². The molecule has 0 radical (unpaired) electrons. The average Bonchev–Trinajstić information content (AvgIpc) is 2.75. The molecule has 0 aromatic heterocycles. The van der Waals surface area contributed by atoms with Crippen LogP contribution in [0.5, 0.6) is 5.75 Å². The van der Waals surface area contributed by atoms with Gasteiger partial charge in [0.05, 0.1) is 18.4 Å². The number of anilines is 1. The molecule has 4 heteroatoms. The van der Waals surface area contributed by atoms with Crippen LogP contribution in [0, 0.1) is 11.3 Å². The van der Waals surface area contributed by atoms with Gasteiger partial charge in [0, 0.05) is 11.3 Å². The lowest BCUT2D eigenvalue weighted by Crippen LogP contribution is -2.25. The van der Waals surface area contributed by atoms with Crippen LogP contribution in [0.1, 0.15) is 18.9 Å². The maximum Gasteiger partial charge on any atom is 0.143 e. The molecular formula is C13H16N2OS. The highest BCUT2D eigenvalue weighted by molar-refractivity contribution is 8.00. The van der Waals surface area contributed by atoms with Crippen LogP contribution in [0.25, 0.3) is 0 Å². The molecule has 0 bridgehead atoms. The summed E-state index contributed by atoms with van der Waals surface area (Å²) in [7, 11) is 1.63. The van der Waals surface area contributed by atoms with Gasteiger partial charge in [0.1, 0.15) is 11.8 Å². The topological polar surface area (TPSA) is 45.0 Å². The lowest BCUT2D eigenvalue weighted by Gasteiger charge is -2.20. The smallest absolute Gasteiger partial charge is 0.143 e. The predicted molar refractivity (Wildman–Crippen MR) is 71.7 cm³/mol. The molecule has 1 N–H and O–H groups in total. The third-order valence-electron chi connectivity index (χ3n) is 3.07. The van der Waals surface area contributed by atoms with Crippen LogP contribution in [0.4, 0.5) is 5.69 Å². The second-order valence-electron chi connectivity index (χ2n) is 4.11. The van der Waals surface area contributed by atoms with Crippen LogP contribution in [-0.2, 0) is 0 Å². The van der Waals surface area contributed by atoms with Gasteiger partial charge >= 0.3 is 0 Å². The number of para-hydroxylation sites is 1. The number of hydrogen-bond acceptors (Lipinski definition) is 4. The monoisotopic (exact) mass is 248 g/mol. The first-order valence-corrected chi connectivity index (χ1v) is 6.76. The van der Waals surface area contributed by atoms with Crippen LogP contribution in [0.3, 0.4) is 0 Å². The van der Waals surface area contributed by atoms with E-state index in [0.29, 0.717) is 16.9 Å². The van der Waals surface area contributed by atoms with Crippen molar-refractivity contribution in [3.63, 3.8) is 0 Å². The minimum atomic E-state index is 0.420. The third-order valence-corrected chi connectivity index (χ3v) is 4.40. The largest absolute Gasteiger partial charge is 0.495 e. The number of hydrogen-bond donors (Lipinski definition) is 1. The molecule has 1 aliphatic rings. The van der Waals surface area contributed by atoms with Crippen molar-refractivity contribution in [2.24, 2.45) is 0 Å². The maximum absolute atomic E-state index is 9.13. The minimum absolute atomic E-state index is 0.420. The number of nitrogens with zero attached hydrogens (tertiary/aromatic N) is 1. The number of nitriles is 1. The highest BCUT2D eigenvalue weighted by Crippen LogP contribution is 2.34. The lowest BCUT2D eigenvalue weighted by molar-refractivity contribution is 0.415. The van der Waals surface area contributed by atoms with Crippen LogP contribution < -0.4 is 10.1 Å². The summed E-state index contributed by atoms with van der Waals surface area (Å²) in [6.45, 7) is 2.22. The standard InChI is InChI=1S/C13H16N2OS/c1-9-11(6-7-17-9)15-13-10(8-14)4-3-5-12(13)16-2/h3-5,9,11,15H,6-7H2,1-2H3. The molecule has 17 heavy (non-hydrogen) atoms. The molecule has 1 heterocycles. The van der Waals surface area contributed by atoms with E-state index in [4.69, 9.17) is 10.00 Å². The zero-order chi connectivity index (χ0) is 12.3. The van der Waals surface area contributed by atoms with Crippen molar-refractivity contribution in [2.45, 2.75) is 24.6 Å². The minimum Gasteiger partial charge on any atom is -0.495 e. The Balaban J connectivity index is 2.27. The normalized spacial score (nSPS) is 23.1. The van der Waals surface area contributed by atoms with Gasteiger partial charge in [-0.2, -0.15) is 17.0 Å². The SMILES string of the molecule is COc1cccc(C#N)c1NC1CCSC1C. The molecule has 2 atom stereocenters. The van der Waals surface area contributed by atoms with Crippen LogP contribution in [-0.4, -0.2) is 24.2 Å². The zero-order valence-corrected chi connectivity index (χ0v) is 10.9. The van der Waals surface area contributed by atoms with Crippen LogP contribution in [0.15, 0.2) is 18.2 Å². The molecular weight excluding hydrogens is 232 g/mol. The number of benzene rings is 1. The number of rotatable bonds is 3. The van der Waals surface area contributed by atoms with Gasteiger partial charge in [-0.1, -0.05) is 13.0 Å². The predicted octanol–water partition coefficient (Wildman–Crippen LogP) is 2.87. The van der Waals surface area contributed by atoms with E-state index in [-0.39, 0.29) is 0 Å². The Bertz CT molecular complexity index is 442. The Kier molecular flexibility index (Phi) is 3.80.